The molecular weight excluding hydrogens is 372 g/mol. The Bertz CT molecular complexity index is 902. The highest BCUT2D eigenvalue weighted by Gasteiger charge is 2.34. The molecule has 2 amide bonds. The van der Waals surface area contributed by atoms with Gasteiger partial charge in [-0.15, -0.1) is 0 Å². The Morgan fingerprint density at radius 1 is 1.14 bits per heavy atom. The first kappa shape index (κ1) is 20.7. The molecule has 7 heteroatoms. The molecule has 0 bridgehead atoms. The number of anilines is 1. The maximum Gasteiger partial charge on any atom is 0.408 e. The summed E-state index contributed by atoms with van der Waals surface area (Å²) in [6.07, 6.45) is -1.14. The SMILES string of the molecule is C[C@H](C(=O)Nc1ccc(Oc2cccc3c2COC3)cc1)N(C(=O)O)C(C)(C)C. The van der Waals surface area contributed by atoms with Gasteiger partial charge in [0.2, 0.25) is 5.91 Å². The molecule has 1 aliphatic heterocycles. The molecule has 7 nitrogen and oxygen atoms in total. The number of ether oxygens (including phenoxy) is 2. The molecule has 0 fully saturated rings. The highest BCUT2D eigenvalue weighted by molar-refractivity contribution is 5.96. The maximum atomic E-state index is 12.5. The second-order valence-corrected chi connectivity index (χ2v) is 8.00. The number of carbonyl (C=O) groups is 2. The van der Waals surface area contributed by atoms with Crippen LogP contribution in [0.2, 0.25) is 0 Å². The van der Waals surface area contributed by atoms with Crippen LogP contribution >= 0.6 is 0 Å². The Morgan fingerprint density at radius 3 is 2.45 bits per heavy atom. The van der Waals surface area contributed by atoms with Crippen LogP contribution in [-0.4, -0.2) is 33.6 Å². The lowest BCUT2D eigenvalue weighted by Gasteiger charge is -2.37. The molecule has 1 heterocycles. The number of hydrogen-bond acceptors (Lipinski definition) is 4. The summed E-state index contributed by atoms with van der Waals surface area (Å²) < 4.78 is 11.4. The van der Waals surface area contributed by atoms with E-state index in [9.17, 15) is 14.7 Å². The number of nitrogens with one attached hydrogen (secondary N) is 1. The van der Waals surface area contributed by atoms with Crippen LogP contribution in [-0.2, 0) is 22.7 Å². The summed E-state index contributed by atoms with van der Waals surface area (Å²) >= 11 is 0. The fraction of sp³-hybridized carbons (Fsp3) is 0.364. The van der Waals surface area contributed by atoms with Crippen molar-refractivity contribution in [2.75, 3.05) is 5.32 Å². The normalized spacial score (nSPS) is 14.1. The second-order valence-electron chi connectivity index (χ2n) is 8.00. The number of fused-ring (bicyclic) bond motifs is 1. The number of carboxylic acid groups (broad SMARTS) is 1. The average Bonchev–Trinajstić information content (AvgIpc) is 3.11. The van der Waals surface area contributed by atoms with E-state index in [1.165, 1.54) is 0 Å². The van der Waals surface area contributed by atoms with Crippen LogP contribution in [0.25, 0.3) is 0 Å². The first-order valence-corrected chi connectivity index (χ1v) is 9.46. The summed E-state index contributed by atoms with van der Waals surface area (Å²) in [5.74, 6) is 1.000. The van der Waals surface area contributed by atoms with Crippen LogP contribution in [0.1, 0.15) is 38.8 Å². The van der Waals surface area contributed by atoms with Gasteiger partial charge >= 0.3 is 6.09 Å². The summed E-state index contributed by atoms with van der Waals surface area (Å²) in [5, 5.41) is 12.2. The topological polar surface area (TPSA) is 88.1 Å². The van der Waals surface area contributed by atoms with Crippen LogP contribution in [0, 0.1) is 0 Å². The molecule has 154 valence electrons. The van der Waals surface area contributed by atoms with Gasteiger partial charge < -0.3 is 19.9 Å². The molecule has 0 unspecified atom stereocenters. The first-order valence-electron chi connectivity index (χ1n) is 9.46. The molecule has 0 saturated carbocycles. The van der Waals surface area contributed by atoms with Crippen LogP contribution in [0.5, 0.6) is 11.5 Å². The third-order valence-electron chi connectivity index (χ3n) is 4.78. The van der Waals surface area contributed by atoms with E-state index in [-0.39, 0.29) is 0 Å². The summed E-state index contributed by atoms with van der Waals surface area (Å²) in [7, 11) is 0. The number of carbonyl (C=O) groups excluding carboxylic acids is 1. The summed E-state index contributed by atoms with van der Waals surface area (Å²) in [6.45, 7) is 7.96. The lowest BCUT2D eigenvalue weighted by molar-refractivity contribution is -0.121. The molecule has 0 aromatic heterocycles. The molecule has 1 aliphatic rings. The molecule has 1 atom stereocenters. The van der Waals surface area contributed by atoms with Gasteiger partial charge in [0.05, 0.1) is 13.2 Å². The zero-order valence-electron chi connectivity index (χ0n) is 17.1. The minimum absolute atomic E-state index is 0.394. The van der Waals surface area contributed by atoms with Gasteiger partial charge in [0.1, 0.15) is 17.5 Å². The van der Waals surface area contributed by atoms with E-state index in [1.807, 2.05) is 18.2 Å². The predicted octanol–water partition coefficient (Wildman–Crippen LogP) is 4.61. The highest BCUT2D eigenvalue weighted by atomic mass is 16.5. The third-order valence-corrected chi connectivity index (χ3v) is 4.78. The Kier molecular flexibility index (Phi) is 5.79. The van der Waals surface area contributed by atoms with Crippen LogP contribution in [0.3, 0.4) is 0 Å². The van der Waals surface area contributed by atoms with E-state index < -0.39 is 23.6 Å². The first-order chi connectivity index (χ1) is 13.7. The van der Waals surface area contributed by atoms with E-state index in [1.54, 1.807) is 52.0 Å². The average molecular weight is 398 g/mol. The van der Waals surface area contributed by atoms with E-state index in [4.69, 9.17) is 9.47 Å². The van der Waals surface area contributed by atoms with Crippen molar-refractivity contribution >= 4 is 17.7 Å². The van der Waals surface area contributed by atoms with Gasteiger partial charge in [-0.25, -0.2) is 4.79 Å². The third kappa shape index (κ3) is 4.68. The second kappa shape index (κ2) is 8.13. The van der Waals surface area contributed by atoms with Gasteiger partial charge in [-0.3, -0.25) is 9.69 Å². The maximum absolute atomic E-state index is 12.5. The lowest BCUT2D eigenvalue weighted by Crippen LogP contribution is -2.54. The Morgan fingerprint density at radius 2 is 1.83 bits per heavy atom. The monoisotopic (exact) mass is 398 g/mol. The zero-order chi connectivity index (χ0) is 21.2. The van der Waals surface area contributed by atoms with E-state index in [0.29, 0.717) is 24.7 Å². The van der Waals surface area contributed by atoms with Gasteiger partial charge in [0, 0.05) is 16.8 Å². The van der Waals surface area contributed by atoms with E-state index in [2.05, 4.69) is 5.32 Å². The molecule has 0 radical (unpaired) electrons. The van der Waals surface area contributed by atoms with E-state index in [0.717, 1.165) is 21.8 Å². The van der Waals surface area contributed by atoms with Crippen molar-refractivity contribution < 1.29 is 24.2 Å². The van der Waals surface area contributed by atoms with Gasteiger partial charge in [0.25, 0.3) is 0 Å². The summed E-state index contributed by atoms with van der Waals surface area (Å²) in [6, 6.07) is 12.0. The molecule has 2 aromatic rings. The van der Waals surface area contributed by atoms with Gasteiger partial charge in [-0.2, -0.15) is 0 Å². The Balaban J connectivity index is 1.67. The zero-order valence-corrected chi connectivity index (χ0v) is 17.1. The standard InChI is InChI=1S/C22H26N2O5/c1-14(24(21(26)27)22(2,3)4)20(25)23-16-8-10-17(11-9-16)29-19-7-5-6-15-12-28-13-18(15)19/h5-11,14H,12-13H2,1-4H3,(H,23,25)(H,26,27)/t14-/m1/s1. The molecule has 2 aromatic carbocycles. The largest absolute Gasteiger partial charge is 0.465 e. The number of amides is 2. The van der Waals surface area contributed by atoms with Crippen molar-refractivity contribution in [3.63, 3.8) is 0 Å². The molecule has 2 N–H and O–H groups in total. The van der Waals surface area contributed by atoms with Crippen molar-refractivity contribution in [2.24, 2.45) is 0 Å². The summed E-state index contributed by atoms with van der Waals surface area (Å²) in [5.41, 5.74) is 2.05. The van der Waals surface area contributed by atoms with Crippen LogP contribution in [0.4, 0.5) is 10.5 Å². The van der Waals surface area contributed by atoms with Crippen molar-refractivity contribution in [3.8, 4) is 11.5 Å². The van der Waals surface area contributed by atoms with Crippen molar-refractivity contribution in [2.45, 2.75) is 52.5 Å². The van der Waals surface area contributed by atoms with Crippen molar-refractivity contribution in [1.82, 2.24) is 4.90 Å². The number of nitrogens with zero attached hydrogens (tertiary/aromatic N) is 1. The Labute approximate surface area is 170 Å². The predicted molar refractivity (Wildman–Crippen MR) is 109 cm³/mol. The molecule has 3 rings (SSSR count). The number of benzene rings is 2. The highest BCUT2D eigenvalue weighted by Crippen LogP contribution is 2.32. The Hall–Kier alpha value is -3.06. The lowest BCUT2D eigenvalue weighted by atomic mass is 10.0. The quantitative estimate of drug-likeness (QED) is 0.768. The molecular formula is C22H26N2O5. The van der Waals surface area contributed by atoms with Crippen LogP contribution in [0.15, 0.2) is 42.5 Å². The smallest absolute Gasteiger partial charge is 0.408 e. The fourth-order valence-corrected chi connectivity index (χ4v) is 3.40. The summed E-state index contributed by atoms with van der Waals surface area (Å²) in [4.78, 5) is 25.2. The molecule has 0 saturated heterocycles. The minimum Gasteiger partial charge on any atom is -0.465 e. The van der Waals surface area contributed by atoms with Gasteiger partial charge in [-0.05, 0) is 63.6 Å². The number of hydrogen-bond donors (Lipinski definition) is 2. The van der Waals surface area contributed by atoms with E-state index >= 15 is 0 Å². The minimum atomic E-state index is -1.14. The number of rotatable bonds is 5. The van der Waals surface area contributed by atoms with Crippen LogP contribution < -0.4 is 10.1 Å². The molecule has 0 aliphatic carbocycles. The van der Waals surface area contributed by atoms with Crippen molar-refractivity contribution in [1.29, 1.82) is 0 Å². The fourth-order valence-electron chi connectivity index (χ4n) is 3.40. The molecule has 0 spiro atoms. The van der Waals surface area contributed by atoms with Crippen molar-refractivity contribution in [3.05, 3.63) is 53.6 Å². The van der Waals surface area contributed by atoms with Gasteiger partial charge in [0.15, 0.2) is 0 Å². The molecule has 29 heavy (non-hydrogen) atoms. The van der Waals surface area contributed by atoms with Gasteiger partial charge in [-0.1, -0.05) is 12.1 Å².